The lowest BCUT2D eigenvalue weighted by Crippen LogP contribution is -2.52. The highest BCUT2D eigenvalue weighted by Crippen LogP contribution is 2.58. The minimum atomic E-state index is -0.480. The maximum atomic E-state index is 12.0. The summed E-state index contributed by atoms with van der Waals surface area (Å²) in [7, 11) is 0. The van der Waals surface area contributed by atoms with Crippen molar-refractivity contribution in [1.82, 2.24) is 4.90 Å². The van der Waals surface area contributed by atoms with Gasteiger partial charge in [-0.3, -0.25) is 4.90 Å². The van der Waals surface area contributed by atoms with Crippen LogP contribution >= 0.6 is 0 Å². The van der Waals surface area contributed by atoms with Gasteiger partial charge in [0.2, 0.25) is 0 Å². The molecule has 3 aliphatic heterocycles. The predicted molar refractivity (Wildman–Crippen MR) is 97.0 cm³/mol. The van der Waals surface area contributed by atoms with Crippen LogP contribution in [0.4, 0.5) is 0 Å². The van der Waals surface area contributed by atoms with Crippen LogP contribution in [0.5, 0.6) is 0 Å². The lowest BCUT2D eigenvalue weighted by molar-refractivity contribution is -0.146. The fraction of sp³-hybridized carbons (Fsp3) is 0.409. The molecule has 1 unspecified atom stereocenters. The average molecular weight is 347 g/mol. The number of carbonyl (C=O) groups excluding carboxylic acids is 1. The van der Waals surface area contributed by atoms with Crippen molar-refractivity contribution in [1.29, 1.82) is 0 Å². The summed E-state index contributed by atoms with van der Waals surface area (Å²) in [6.07, 6.45) is 5.17. The maximum Gasteiger partial charge on any atom is 0.332 e. The van der Waals surface area contributed by atoms with E-state index in [1.807, 2.05) is 30.3 Å². The highest BCUT2D eigenvalue weighted by Gasteiger charge is 2.66. The van der Waals surface area contributed by atoms with E-state index in [1.54, 1.807) is 6.08 Å². The molecule has 3 heterocycles. The zero-order valence-corrected chi connectivity index (χ0v) is 14.7. The Morgan fingerprint density at radius 3 is 3.04 bits per heavy atom. The Bertz CT molecular complexity index is 874. The van der Waals surface area contributed by atoms with E-state index in [1.165, 1.54) is 18.4 Å². The van der Waals surface area contributed by atoms with E-state index in [-0.39, 0.29) is 5.97 Å². The van der Waals surface area contributed by atoms with Crippen LogP contribution in [0.2, 0.25) is 0 Å². The number of ether oxygens (including phenoxy) is 2. The molecule has 26 heavy (non-hydrogen) atoms. The molecule has 4 nitrogen and oxygen atoms in total. The number of hydrogen-bond acceptors (Lipinski definition) is 4. The van der Waals surface area contributed by atoms with Gasteiger partial charge in [0.1, 0.15) is 6.61 Å². The van der Waals surface area contributed by atoms with Gasteiger partial charge in [-0.25, -0.2) is 4.79 Å². The lowest BCUT2D eigenvalue weighted by Gasteiger charge is -2.43. The first-order valence-electron chi connectivity index (χ1n) is 9.33. The molecule has 2 atom stereocenters. The summed E-state index contributed by atoms with van der Waals surface area (Å²) in [5, 5.41) is 0. The van der Waals surface area contributed by atoms with Crippen LogP contribution in [0.25, 0.3) is 0 Å². The zero-order valence-electron chi connectivity index (χ0n) is 14.7. The summed E-state index contributed by atoms with van der Waals surface area (Å²) in [6, 6.07) is 10.4. The lowest BCUT2D eigenvalue weighted by atomic mass is 9.67. The Morgan fingerprint density at radius 2 is 2.15 bits per heavy atom. The van der Waals surface area contributed by atoms with Gasteiger partial charge in [-0.1, -0.05) is 48.6 Å². The Morgan fingerprint density at radius 1 is 1.27 bits per heavy atom. The van der Waals surface area contributed by atoms with E-state index in [0.29, 0.717) is 19.3 Å². The fourth-order valence-corrected chi connectivity index (χ4v) is 4.79. The van der Waals surface area contributed by atoms with E-state index < -0.39 is 5.60 Å². The molecule has 1 aromatic rings. The van der Waals surface area contributed by atoms with Gasteiger partial charge in [0, 0.05) is 29.3 Å². The number of benzene rings is 1. The number of carbonyl (C=O) groups is 1. The van der Waals surface area contributed by atoms with Gasteiger partial charge in [0.25, 0.3) is 0 Å². The molecule has 5 rings (SSSR count). The van der Waals surface area contributed by atoms with Crippen molar-refractivity contribution >= 4 is 5.97 Å². The van der Waals surface area contributed by atoms with Crippen molar-refractivity contribution in [2.45, 2.75) is 37.5 Å². The monoisotopic (exact) mass is 347 g/mol. The van der Waals surface area contributed by atoms with Gasteiger partial charge in [-0.2, -0.15) is 0 Å². The van der Waals surface area contributed by atoms with Crippen LogP contribution < -0.4 is 0 Å². The van der Waals surface area contributed by atoms with Crippen LogP contribution in [0.15, 0.2) is 53.1 Å². The van der Waals surface area contributed by atoms with Gasteiger partial charge >= 0.3 is 5.97 Å². The van der Waals surface area contributed by atoms with Crippen molar-refractivity contribution in [3.05, 3.63) is 58.7 Å². The average Bonchev–Trinajstić information content (AvgIpc) is 3.12. The van der Waals surface area contributed by atoms with Gasteiger partial charge in [-0.15, -0.1) is 0 Å². The number of hydrogen-bond donors (Lipinski definition) is 0. The summed E-state index contributed by atoms with van der Waals surface area (Å²) in [5.74, 6) is 6.15. The number of nitrogens with zero attached hydrogens (tertiary/aromatic N) is 1. The van der Waals surface area contributed by atoms with Gasteiger partial charge < -0.3 is 9.47 Å². The summed E-state index contributed by atoms with van der Waals surface area (Å²) >= 11 is 0. The first kappa shape index (κ1) is 15.9. The molecule has 2 saturated heterocycles. The Kier molecular flexibility index (Phi) is 3.74. The SMILES string of the molecule is O=C1C=C2C(C#CCOCc3ccccc3)=C3CN4CCCCC4[C@@]23O1. The summed E-state index contributed by atoms with van der Waals surface area (Å²) < 4.78 is 11.5. The Balaban J connectivity index is 1.32. The molecule has 4 aliphatic rings. The number of fused-ring (bicyclic) bond motifs is 1. The van der Waals surface area contributed by atoms with E-state index in [4.69, 9.17) is 9.47 Å². The fourth-order valence-electron chi connectivity index (χ4n) is 4.79. The minimum Gasteiger partial charge on any atom is -0.445 e. The molecule has 1 aliphatic carbocycles. The van der Waals surface area contributed by atoms with E-state index in [9.17, 15) is 4.79 Å². The maximum absolute atomic E-state index is 12.0. The third kappa shape index (κ3) is 2.28. The molecule has 132 valence electrons. The predicted octanol–water partition coefficient (Wildman–Crippen LogP) is 2.61. The standard InChI is InChI=1S/C22H21NO3/c24-21-13-18-17(9-6-12-25-15-16-7-2-1-3-8-16)19-14-23-11-5-4-10-20(23)22(18,19)26-21/h1-3,7-8,13,20H,4-5,10-12,14-15H2/t20?,22-/m1/s1. The number of rotatable bonds is 3. The number of esters is 1. The second-order valence-corrected chi connectivity index (χ2v) is 7.33. The Hall–Kier alpha value is -2.35. The van der Waals surface area contributed by atoms with Crippen LogP contribution in [0, 0.1) is 11.8 Å². The topological polar surface area (TPSA) is 38.8 Å². The largest absolute Gasteiger partial charge is 0.445 e. The molecule has 2 fully saturated rings. The molecule has 0 N–H and O–H groups in total. The van der Waals surface area contributed by atoms with Crippen molar-refractivity contribution in [2.24, 2.45) is 0 Å². The third-order valence-corrected chi connectivity index (χ3v) is 5.89. The normalized spacial score (nSPS) is 29.0. The summed E-state index contributed by atoms with van der Waals surface area (Å²) in [5.41, 5.74) is 3.88. The quantitative estimate of drug-likeness (QED) is 0.479. The molecule has 0 saturated carbocycles. The molecule has 0 amide bonds. The van der Waals surface area contributed by atoms with E-state index in [0.717, 1.165) is 36.2 Å². The van der Waals surface area contributed by atoms with Crippen molar-refractivity contribution in [3.8, 4) is 11.8 Å². The van der Waals surface area contributed by atoms with Crippen LogP contribution in [0.3, 0.4) is 0 Å². The van der Waals surface area contributed by atoms with Crippen molar-refractivity contribution < 1.29 is 14.3 Å². The van der Waals surface area contributed by atoms with Crippen LogP contribution in [-0.2, 0) is 20.9 Å². The van der Waals surface area contributed by atoms with Crippen LogP contribution in [0.1, 0.15) is 24.8 Å². The summed E-state index contributed by atoms with van der Waals surface area (Å²) in [6.45, 7) is 2.91. The van der Waals surface area contributed by atoms with E-state index >= 15 is 0 Å². The highest BCUT2D eigenvalue weighted by molar-refractivity contribution is 5.94. The van der Waals surface area contributed by atoms with Crippen molar-refractivity contribution in [2.75, 3.05) is 19.7 Å². The molecule has 1 aromatic carbocycles. The number of piperidine rings is 1. The van der Waals surface area contributed by atoms with Crippen LogP contribution in [-0.4, -0.2) is 42.2 Å². The molecule has 0 aromatic heterocycles. The van der Waals surface area contributed by atoms with E-state index in [2.05, 4.69) is 16.7 Å². The first-order valence-corrected chi connectivity index (χ1v) is 9.33. The second-order valence-electron chi connectivity index (χ2n) is 7.33. The Labute approximate surface area is 153 Å². The first-order chi connectivity index (χ1) is 12.8. The molecular formula is C22H21NO3. The smallest absolute Gasteiger partial charge is 0.332 e. The molecular weight excluding hydrogens is 326 g/mol. The molecule has 4 heteroatoms. The molecule has 1 spiro atoms. The zero-order chi connectivity index (χ0) is 17.6. The van der Waals surface area contributed by atoms with Crippen molar-refractivity contribution in [3.63, 3.8) is 0 Å². The summed E-state index contributed by atoms with van der Waals surface area (Å²) in [4.78, 5) is 14.4. The second kappa shape index (κ2) is 6.12. The molecule has 0 radical (unpaired) electrons. The van der Waals surface area contributed by atoms with Gasteiger partial charge in [0.05, 0.1) is 12.6 Å². The highest BCUT2D eigenvalue weighted by atomic mass is 16.6. The third-order valence-electron chi connectivity index (χ3n) is 5.89. The minimum absolute atomic E-state index is 0.220. The van der Waals surface area contributed by atoms with Gasteiger partial charge in [-0.05, 0) is 24.9 Å². The van der Waals surface area contributed by atoms with Gasteiger partial charge in [0.15, 0.2) is 5.60 Å². The molecule has 0 bridgehead atoms.